The van der Waals surface area contributed by atoms with Crippen LogP contribution < -0.4 is 5.32 Å². The van der Waals surface area contributed by atoms with Gasteiger partial charge in [0, 0.05) is 11.5 Å². The van der Waals surface area contributed by atoms with Crippen molar-refractivity contribution in [1.29, 1.82) is 0 Å². The summed E-state index contributed by atoms with van der Waals surface area (Å²) in [5.41, 5.74) is 1.85. The van der Waals surface area contributed by atoms with Crippen LogP contribution in [0.2, 0.25) is 0 Å². The second-order valence-electron chi connectivity index (χ2n) is 4.70. The third-order valence-corrected chi connectivity index (χ3v) is 3.73. The van der Waals surface area contributed by atoms with Gasteiger partial charge in [0.1, 0.15) is 0 Å². The maximum Gasteiger partial charge on any atom is 0.244 e. The van der Waals surface area contributed by atoms with Gasteiger partial charge in [0.25, 0.3) is 0 Å². The number of carbonyl (C=O) groups excluding carboxylic acids is 1. The molecule has 0 aliphatic rings. The monoisotopic (exact) mass is 302 g/mol. The summed E-state index contributed by atoms with van der Waals surface area (Å²) in [4.78, 5) is 16.1. The second kappa shape index (κ2) is 7.71. The Balaban J connectivity index is 1.89. The molecule has 0 aliphatic heterocycles. The molecular weight excluding hydrogens is 284 g/mol. The number of carbonyl (C=O) groups is 1. The molecule has 2 aromatic rings. The molecule has 1 aromatic heterocycles. The Hall–Kier alpha value is -1.98. The lowest BCUT2D eigenvalue weighted by molar-refractivity contribution is -0.117. The van der Waals surface area contributed by atoms with Gasteiger partial charge in [0.2, 0.25) is 5.91 Å². The number of nitrogens with one attached hydrogen (secondary N) is 1. The summed E-state index contributed by atoms with van der Waals surface area (Å²) in [5.74, 6) is -0.226. The molecule has 1 amide bonds. The molecule has 21 heavy (non-hydrogen) atoms. The lowest BCUT2D eigenvalue weighted by Gasteiger charge is -2.15. The Morgan fingerprint density at radius 1 is 1.43 bits per heavy atom. The van der Waals surface area contributed by atoms with Gasteiger partial charge in [-0.2, -0.15) is 0 Å². The van der Waals surface area contributed by atoms with E-state index in [9.17, 15) is 9.90 Å². The molecule has 1 atom stereocenters. The van der Waals surface area contributed by atoms with Crippen molar-refractivity contribution in [1.82, 2.24) is 10.3 Å². The number of nitrogens with zero attached hydrogens (tertiary/aromatic N) is 1. The zero-order chi connectivity index (χ0) is 15.1. The molecule has 0 saturated heterocycles. The second-order valence-corrected chi connectivity index (χ2v) is 5.76. The molecule has 0 fully saturated rings. The molecule has 0 bridgehead atoms. The van der Waals surface area contributed by atoms with E-state index in [-0.39, 0.29) is 18.6 Å². The number of thiazole rings is 1. The molecule has 1 aromatic carbocycles. The first-order chi connectivity index (χ1) is 10.2. The van der Waals surface area contributed by atoms with E-state index in [0.29, 0.717) is 6.42 Å². The van der Waals surface area contributed by atoms with Crippen LogP contribution in [-0.2, 0) is 11.2 Å². The van der Waals surface area contributed by atoms with E-state index in [0.717, 1.165) is 16.3 Å². The highest BCUT2D eigenvalue weighted by atomic mass is 32.1. The minimum absolute atomic E-state index is 0.0930. The Morgan fingerprint density at radius 2 is 2.19 bits per heavy atom. The van der Waals surface area contributed by atoms with Crippen LogP contribution in [0.4, 0.5) is 0 Å². The van der Waals surface area contributed by atoms with Crippen LogP contribution in [0.15, 0.2) is 41.8 Å². The summed E-state index contributed by atoms with van der Waals surface area (Å²) >= 11 is 1.54. The fraction of sp³-hybridized carbons (Fsp3) is 0.250. The molecule has 5 heteroatoms. The highest BCUT2D eigenvalue weighted by molar-refractivity contribution is 7.09. The SMILES string of the molecule is Cc1nc(/C=C/C(=O)N[C@H](CO)Cc2ccccc2)cs1. The third kappa shape index (κ3) is 5.13. The van der Waals surface area contributed by atoms with Crippen molar-refractivity contribution < 1.29 is 9.90 Å². The average molecular weight is 302 g/mol. The summed E-state index contributed by atoms with van der Waals surface area (Å²) in [5, 5.41) is 15.0. The largest absolute Gasteiger partial charge is 0.394 e. The van der Waals surface area contributed by atoms with E-state index in [1.54, 1.807) is 17.4 Å². The summed E-state index contributed by atoms with van der Waals surface area (Å²) in [6.07, 6.45) is 3.73. The quantitative estimate of drug-likeness (QED) is 0.804. The van der Waals surface area contributed by atoms with Gasteiger partial charge >= 0.3 is 0 Å². The average Bonchev–Trinajstić information content (AvgIpc) is 2.91. The van der Waals surface area contributed by atoms with Crippen LogP contribution in [0, 0.1) is 6.92 Å². The van der Waals surface area contributed by atoms with Crippen molar-refractivity contribution in [2.24, 2.45) is 0 Å². The lowest BCUT2D eigenvalue weighted by atomic mass is 10.1. The van der Waals surface area contributed by atoms with Gasteiger partial charge in [0.05, 0.1) is 23.4 Å². The van der Waals surface area contributed by atoms with Gasteiger partial charge < -0.3 is 10.4 Å². The smallest absolute Gasteiger partial charge is 0.244 e. The highest BCUT2D eigenvalue weighted by Gasteiger charge is 2.10. The minimum atomic E-state index is -0.290. The number of hydrogen-bond acceptors (Lipinski definition) is 4. The van der Waals surface area contributed by atoms with Crippen LogP contribution >= 0.6 is 11.3 Å². The van der Waals surface area contributed by atoms with E-state index in [1.165, 1.54) is 6.08 Å². The molecule has 0 spiro atoms. The molecule has 2 N–H and O–H groups in total. The Kier molecular flexibility index (Phi) is 5.66. The molecule has 110 valence electrons. The first-order valence-corrected chi connectivity index (χ1v) is 7.61. The summed E-state index contributed by atoms with van der Waals surface area (Å²) in [6, 6.07) is 9.48. The number of benzene rings is 1. The van der Waals surface area contributed by atoms with Crippen LogP contribution in [0.3, 0.4) is 0 Å². The van der Waals surface area contributed by atoms with Crippen LogP contribution in [0.1, 0.15) is 16.3 Å². The van der Waals surface area contributed by atoms with Crippen LogP contribution in [0.25, 0.3) is 6.08 Å². The van der Waals surface area contributed by atoms with Gasteiger partial charge in [-0.1, -0.05) is 30.3 Å². The number of hydrogen-bond donors (Lipinski definition) is 2. The van der Waals surface area contributed by atoms with Crippen LogP contribution in [0.5, 0.6) is 0 Å². The van der Waals surface area contributed by atoms with Gasteiger partial charge in [-0.25, -0.2) is 4.98 Å². The summed E-state index contributed by atoms with van der Waals surface area (Å²) in [7, 11) is 0. The van der Waals surface area contributed by atoms with E-state index in [1.807, 2.05) is 42.6 Å². The predicted octanol–water partition coefficient (Wildman–Crippen LogP) is 2.18. The minimum Gasteiger partial charge on any atom is -0.394 e. The lowest BCUT2D eigenvalue weighted by Crippen LogP contribution is -2.38. The topological polar surface area (TPSA) is 62.2 Å². The molecule has 0 unspecified atom stereocenters. The normalized spacial score (nSPS) is 12.5. The zero-order valence-electron chi connectivity index (χ0n) is 11.8. The molecule has 4 nitrogen and oxygen atoms in total. The van der Waals surface area contributed by atoms with Gasteiger partial charge in [0.15, 0.2) is 0 Å². The van der Waals surface area contributed by atoms with Crippen molar-refractivity contribution in [3.63, 3.8) is 0 Å². The molecule has 2 rings (SSSR count). The number of amides is 1. The predicted molar refractivity (Wildman–Crippen MR) is 85.0 cm³/mol. The Morgan fingerprint density at radius 3 is 2.81 bits per heavy atom. The number of aromatic nitrogens is 1. The van der Waals surface area contributed by atoms with Crippen molar-refractivity contribution in [3.8, 4) is 0 Å². The van der Waals surface area contributed by atoms with Crippen LogP contribution in [-0.4, -0.2) is 28.6 Å². The molecular formula is C16H18N2O2S. The number of aliphatic hydroxyl groups excluding tert-OH is 1. The van der Waals surface area contributed by atoms with Crippen molar-refractivity contribution in [2.45, 2.75) is 19.4 Å². The van der Waals surface area contributed by atoms with E-state index < -0.39 is 0 Å². The summed E-state index contributed by atoms with van der Waals surface area (Å²) < 4.78 is 0. The first-order valence-electron chi connectivity index (χ1n) is 6.73. The Bertz CT molecular complexity index is 608. The highest BCUT2D eigenvalue weighted by Crippen LogP contribution is 2.09. The Labute approximate surface area is 128 Å². The number of rotatable bonds is 6. The van der Waals surface area contributed by atoms with Gasteiger partial charge in [-0.05, 0) is 25.0 Å². The van der Waals surface area contributed by atoms with Crippen molar-refractivity contribution in [3.05, 3.63) is 58.1 Å². The van der Waals surface area contributed by atoms with E-state index >= 15 is 0 Å². The maximum absolute atomic E-state index is 11.8. The van der Waals surface area contributed by atoms with E-state index in [2.05, 4.69) is 10.3 Å². The van der Waals surface area contributed by atoms with Crippen molar-refractivity contribution >= 4 is 23.3 Å². The fourth-order valence-corrected chi connectivity index (χ4v) is 2.51. The van der Waals surface area contributed by atoms with Crippen molar-refractivity contribution in [2.75, 3.05) is 6.61 Å². The summed E-state index contributed by atoms with van der Waals surface area (Å²) in [6.45, 7) is 1.83. The first kappa shape index (κ1) is 15.4. The van der Waals surface area contributed by atoms with Gasteiger partial charge in [-0.3, -0.25) is 4.79 Å². The number of aryl methyl sites for hydroxylation is 1. The zero-order valence-corrected chi connectivity index (χ0v) is 12.6. The molecule has 0 saturated carbocycles. The third-order valence-electron chi connectivity index (χ3n) is 2.93. The number of aliphatic hydroxyl groups is 1. The molecule has 0 aliphatic carbocycles. The fourth-order valence-electron chi connectivity index (χ4n) is 1.93. The van der Waals surface area contributed by atoms with E-state index in [4.69, 9.17) is 0 Å². The molecule has 0 radical (unpaired) electrons. The standard InChI is InChI=1S/C16H18N2O2S/c1-12-17-14(11-21-12)7-8-16(20)18-15(10-19)9-13-5-3-2-4-6-13/h2-8,11,15,19H,9-10H2,1H3,(H,18,20)/b8-7+/t15-/m0/s1. The van der Waals surface area contributed by atoms with Gasteiger partial charge in [-0.15, -0.1) is 11.3 Å². The molecule has 1 heterocycles. The maximum atomic E-state index is 11.8.